The van der Waals surface area contributed by atoms with Gasteiger partial charge in [-0.2, -0.15) is 0 Å². The van der Waals surface area contributed by atoms with Gasteiger partial charge in [0.1, 0.15) is 0 Å². The monoisotopic (exact) mass is 166 g/mol. The Morgan fingerprint density at radius 2 is 2.08 bits per heavy atom. The predicted molar refractivity (Wildman–Crippen MR) is 55.1 cm³/mol. The van der Waals surface area contributed by atoms with Crippen LogP contribution in [0.3, 0.4) is 0 Å². The second-order valence-electron chi connectivity index (χ2n) is 4.99. The number of hydrogen-bond acceptors (Lipinski definition) is 0. The predicted octanol–water partition coefficient (Wildman–Crippen LogP) is 4.02. The topological polar surface area (TPSA) is 0 Å². The quantitative estimate of drug-likeness (QED) is 0.543. The summed E-state index contributed by atoms with van der Waals surface area (Å²) in [6.45, 7) is 11.1. The maximum absolute atomic E-state index is 4.12. The molecule has 0 aromatic rings. The Bertz CT molecular complexity index is 153. The molecule has 0 bridgehead atoms. The third kappa shape index (κ3) is 3.00. The van der Waals surface area contributed by atoms with Gasteiger partial charge < -0.3 is 0 Å². The Morgan fingerprint density at radius 3 is 2.58 bits per heavy atom. The summed E-state index contributed by atoms with van der Waals surface area (Å²) in [4.78, 5) is 0. The lowest BCUT2D eigenvalue weighted by molar-refractivity contribution is 0.292. The van der Waals surface area contributed by atoms with E-state index in [-0.39, 0.29) is 0 Å². The highest BCUT2D eigenvalue weighted by Crippen LogP contribution is 2.34. The molecule has 0 aromatic carbocycles. The van der Waals surface area contributed by atoms with Crippen molar-refractivity contribution in [3.63, 3.8) is 0 Å². The lowest BCUT2D eigenvalue weighted by atomic mass is 9.77. The van der Waals surface area contributed by atoms with E-state index in [1.807, 2.05) is 0 Å². The average molecular weight is 166 g/mol. The summed E-state index contributed by atoms with van der Waals surface area (Å²) in [6.07, 6.45) is 5.39. The summed E-state index contributed by atoms with van der Waals surface area (Å²) in [6, 6.07) is 0. The molecule has 0 aliphatic heterocycles. The first-order valence-electron chi connectivity index (χ1n) is 5.24. The minimum atomic E-state index is 0.855. The van der Waals surface area contributed by atoms with Crippen molar-refractivity contribution in [3.8, 4) is 0 Å². The molecule has 0 spiro atoms. The molecule has 0 radical (unpaired) electrons. The first-order valence-corrected chi connectivity index (χ1v) is 5.24. The van der Waals surface area contributed by atoms with Gasteiger partial charge in [0, 0.05) is 0 Å². The summed E-state index contributed by atoms with van der Waals surface area (Å²) in [7, 11) is 0. The molecule has 1 fully saturated rings. The van der Waals surface area contributed by atoms with Crippen LogP contribution in [0.1, 0.15) is 46.5 Å². The molecular weight excluding hydrogens is 144 g/mol. The second kappa shape index (κ2) is 4.11. The molecule has 2 unspecified atom stereocenters. The molecule has 12 heavy (non-hydrogen) atoms. The third-order valence-electron chi connectivity index (χ3n) is 2.75. The van der Waals surface area contributed by atoms with Crippen molar-refractivity contribution in [2.45, 2.75) is 46.5 Å². The van der Waals surface area contributed by atoms with E-state index < -0.39 is 0 Å². The second-order valence-corrected chi connectivity index (χ2v) is 4.99. The molecule has 0 nitrogen and oxygen atoms in total. The molecule has 0 N–H and O–H groups in total. The van der Waals surface area contributed by atoms with Crippen LogP contribution in [0.2, 0.25) is 0 Å². The van der Waals surface area contributed by atoms with Gasteiger partial charge in [-0.3, -0.25) is 0 Å². The molecular formula is C12H22. The van der Waals surface area contributed by atoms with Gasteiger partial charge in [-0.25, -0.2) is 0 Å². The Hall–Kier alpha value is -0.260. The van der Waals surface area contributed by atoms with Gasteiger partial charge in [-0.15, -0.1) is 0 Å². The Morgan fingerprint density at radius 1 is 1.42 bits per heavy atom. The highest BCUT2D eigenvalue weighted by Gasteiger charge is 2.21. The summed E-state index contributed by atoms with van der Waals surface area (Å²) in [5.41, 5.74) is 1.49. The first-order chi connectivity index (χ1) is 5.58. The lowest BCUT2D eigenvalue weighted by Crippen LogP contribution is -2.16. The summed E-state index contributed by atoms with van der Waals surface area (Å²) in [5, 5.41) is 0. The van der Waals surface area contributed by atoms with Crippen molar-refractivity contribution < 1.29 is 0 Å². The van der Waals surface area contributed by atoms with Gasteiger partial charge in [0.2, 0.25) is 0 Å². The van der Waals surface area contributed by atoms with E-state index in [1.165, 1.54) is 31.3 Å². The normalized spacial score (nSPS) is 31.2. The van der Waals surface area contributed by atoms with Gasteiger partial charge in [0.25, 0.3) is 0 Å². The van der Waals surface area contributed by atoms with E-state index in [0.29, 0.717) is 0 Å². The van der Waals surface area contributed by atoms with Crippen LogP contribution in [0, 0.1) is 17.8 Å². The maximum atomic E-state index is 4.12. The van der Waals surface area contributed by atoms with Gasteiger partial charge in [-0.1, -0.05) is 32.9 Å². The van der Waals surface area contributed by atoms with Crippen LogP contribution in [0.25, 0.3) is 0 Å². The molecule has 0 amide bonds. The van der Waals surface area contributed by atoms with E-state index >= 15 is 0 Å². The molecule has 2 atom stereocenters. The summed E-state index contributed by atoms with van der Waals surface area (Å²) >= 11 is 0. The van der Waals surface area contributed by atoms with Gasteiger partial charge in [-0.05, 0) is 43.4 Å². The average Bonchev–Trinajstić information content (AvgIpc) is 1.81. The van der Waals surface area contributed by atoms with Crippen LogP contribution in [0.5, 0.6) is 0 Å². The molecule has 0 saturated heterocycles. The Labute approximate surface area is 77.1 Å². The SMILES string of the molecule is C=C1CC(C)CC(CC(C)C)C1. The molecule has 0 heterocycles. The fraction of sp³-hybridized carbons (Fsp3) is 0.833. The number of hydrogen-bond donors (Lipinski definition) is 0. The molecule has 0 heteroatoms. The van der Waals surface area contributed by atoms with Crippen LogP contribution in [0.15, 0.2) is 12.2 Å². The first kappa shape index (κ1) is 9.83. The lowest BCUT2D eigenvalue weighted by Gasteiger charge is -2.29. The molecule has 1 saturated carbocycles. The molecule has 1 aliphatic carbocycles. The van der Waals surface area contributed by atoms with Crippen molar-refractivity contribution in [2.75, 3.05) is 0 Å². The van der Waals surface area contributed by atoms with Gasteiger partial charge >= 0.3 is 0 Å². The Kier molecular flexibility index (Phi) is 3.37. The molecule has 1 rings (SSSR count). The van der Waals surface area contributed by atoms with Crippen LogP contribution in [0.4, 0.5) is 0 Å². The standard InChI is InChI=1S/C12H22/c1-9(2)5-12-7-10(3)6-11(4)8-12/h9,11-12H,3,5-8H2,1-2,4H3. The van der Waals surface area contributed by atoms with Crippen molar-refractivity contribution >= 4 is 0 Å². The molecule has 70 valence electrons. The van der Waals surface area contributed by atoms with E-state index in [2.05, 4.69) is 27.4 Å². The number of rotatable bonds is 2. The fourth-order valence-electron chi connectivity index (χ4n) is 2.57. The van der Waals surface area contributed by atoms with E-state index in [1.54, 1.807) is 0 Å². The van der Waals surface area contributed by atoms with Crippen molar-refractivity contribution in [1.82, 2.24) is 0 Å². The molecule has 1 aliphatic rings. The summed E-state index contributed by atoms with van der Waals surface area (Å²) in [5.74, 6) is 2.67. The van der Waals surface area contributed by atoms with E-state index in [4.69, 9.17) is 0 Å². The van der Waals surface area contributed by atoms with Crippen LogP contribution >= 0.6 is 0 Å². The third-order valence-corrected chi connectivity index (χ3v) is 2.75. The van der Waals surface area contributed by atoms with Crippen LogP contribution in [-0.2, 0) is 0 Å². The number of allylic oxidation sites excluding steroid dienone is 1. The van der Waals surface area contributed by atoms with E-state index in [9.17, 15) is 0 Å². The fourth-order valence-corrected chi connectivity index (χ4v) is 2.57. The maximum Gasteiger partial charge on any atom is -0.0294 e. The molecule has 0 aromatic heterocycles. The van der Waals surface area contributed by atoms with Crippen molar-refractivity contribution in [3.05, 3.63) is 12.2 Å². The Balaban J connectivity index is 2.39. The van der Waals surface area contributed by atoms with Crippen LogP contribution in [-0.4, -0.2) is 0 Å². The minimum absolute atomic E-state index is 0.855. The highest BCUT2D eigenvalue weighted by molar-refractivity contribution is 5.01. The van der Waals surface area contributed by atoms with Crippen molar-refractivity contribution in [2.24, 2.45) is 17.8 Å². The van der Waals surface area contributed by atoms with E-state index in [0.717, 1.165) is 17.8 Å². The minimum Gasteiger partial charge on any atom is -0.0998 e. The zero-order valence-corrected chi connectivity index (χ0v) is 8.77. The van der Waals surface area contributed by atoms with Gasteiger partial charge in [0.15, 0.2) is 0 Å². The van der Waals surface area contributed by atoms with Crippen molar-refractivity contribution in [1.29, 1.82) is 0 Å². The zero-order chi connectivity index (χ0) is 9.14. The van der Waals surface area contributed by atoms with Crippen LogP contribution < -0.4 is 0 Å². The highest BCUT2D eigenvalue weighted by atomic mass is 14.3. The largest absolute Gasteiger partial charge is 0.0998 e. The smallest absolute Gasteiger partial charge is 0.0294 e. The van der Waals surface area contributed by atoms with Gasteiger partial charge in [0.05, 0.1) is 0 Å². The zero-order valence-electron chi connectivity index (χ0n) is 8.77. The summed E-state index contributed by atoms with van der Waals surface area (Å²) < 4.78 is 0.